The fourth-order valence-corrected chi connectivity index (χ4v) is 6.94. The largest absolute Gasteiger partial charge is 0.500 e. The number of Topliss-reactive ketones (excluding diaryl/α,β-unsaturated/α-hetero) is 2. The number of nitriles is 1. The maximum absolute atomic E-state index is 13.6. The van der Waals surface area contributed by atoms with Crippen molar-refractivity contribution in [2.45, 2.75) is 33.2 Å². The van der Waals surface area contributed by atoms with Crippen LogP contribution in [0.1, 0.15) is 47.9 Å². The van der Waals surface area contributed by atoms with Crippen molar-refractivity contribution in [1.29, 1.82) is 5.26 Å². The zero-order valence-electron chi connectivity index (χ0n) is 21.2. The number of nitrogen functional groups attached to an aromatic ring is 1. The summed E-state index contributed by atoms with van der Waals surface area (Å²) in [6, 6.07) is 12.5. The fourth-order valence-electron chi connectivity index (χ4n) is 4.22. The molecule has 11 heteroatoms. The Morgan fingerprint density at radius 2 is 1.65 bits per heavy atom. The average molecular weight is 543 g/mol. The van der Waals surface area contributed by atoms with Gasteiger partial charge in [0.25, 0.3) is 0 Å². The Kier molecular flexibility index (Phi) is 9.97. The molecular weight excluding hydrogens is 512 g/mol. The Hall–Kier alpha value is -3.07. The smallest absolute Gasteiger partial charge is 0.398 e. The maximum Gasteiger partial charge on any atom is 0.500 e. The van der Waals surface area contributed by atoms with Crippen molar-refractivity contribution >= 4 is 54.7 Å². The number of carbonyl (C=O) groups is 2. The first kappa shape index (κ1) is 28.5. The van der Waals surface area contributed by atoms with E-state index in [9.17, 15) is 14.9 Å². The van der Waals surface area contributed by atoms with Crippen LogP contribution in [0.5, 0.6) is 0 Å². The zero-order valence-corrected chi connectivity index (χ0v) is 22.9. The molecule has 1 atom stereocenters. The van der Waals surface area contributed by atoms with Crippen molar-refractivity contribution < 1.29 is 22.9 Å². The molecule has 37 heavy (non-hydrogen) atoms. The molecule has 0 heterocycles. The van der Waals surface area contributed by atoms with Crippen LogP contribution in [0.4, 0.5) is 17.1 Å². The quantitative estimate of drug-likeness (QED) is 0.215. The lowest BCUT2D eigenvalue weighted by molar-refractivity contribution is 0.0709. The molecule has 0 amide bonds. The summed E-state index contributed by atoms with van der Waals surface area (Å²) in [4.78, 5) is 31.4. The van der Waals surface area contributed by atoms with Crippen LogP contribution >= 0.6 is 11.6 Å². The molecule has 0 aromatic heterocycles. The molecule has 1 aliphatic rings. The normalized spacial score (nSPS) is 16.5. The molecular formula is C26H31ClN4O5Si. The summed E-state index contributed by atoms with van der Waals surface area (Å²) in [5.41, 5.74) is 7.32. The minimum atomic E-state index is -2.88. The number of hydrogen-bond acceptors (Lipinski definition) is 9. The SMILES string of the molecule is CCO[Si](CCCN=C1C(=O)c2c(Nc3ccc(Cl)cc3)ccc(N)c2C(=O)C1C#N)(OCC)OCC. The highest BCUT2D eigenvalue weighted by Gasteiger charge is 2.42. The summed E-state index contributed by atoms with van der Waals surface area (Å²) in [7, 11) is -2.88. The van der Waals surface area contributed by atoms with E-state index < -0.39 is 26.3 Å². The summed E-state index contributed by atoms with van der Waals surface area (Å²) >= 11 is 5.97. The molecule has 0 fully saturated rings. The lowest BCUT2D eigenvalue weighted by Gasteiger charge is -2.28. The van der Waals surface area contributed by atoms with Crippen LogP contribution in [0.3, 0.4) is 0 Å². The van der Waals surface area contributed by atoms with Crippen LogP contribution in [0, 0.1) is 17.2 Å². The second-order valence-electron chi connectivity index (χ2n) is 8.19. The number of carbonyl (C=O) groups excluding carboxylic acids is 2. The molecule has 2 aromatic carbocycles. The summed E-state index contributed by atoms with van der Waals surface area (Å²) in [6.07, 6.45) is 0.495. The van der Waals surface area contributed by atoms with E-state index in [1.807, 2.05) is 26.8 Å². The number of aliphatic imine (C=N–C) groups is 1. The van der Waals surface area contributed by atoms with Crippen molar-refractivity contribution in [3.8, 4) is 6.07 Å². The molecule has 3 rings (SSSR count). The minimum absolute atomic E-state index is 0.0323. The fraction of sp³-hybridized carbons (Fsp3) is 0.385. The number of nitrogens with one attached hydrogen (secondary N) is 1. The molecule has 1 aliphatic carbocycles. The van der Waals surface area contributed by atoms with Gasteiger partial charge in [-0.15, -0.1) is 0 Å². The van der Waals surface area contributed by atoms with Crippen molar-refractivity contribution in [2.75, 3.05) is 37.4 Å². The number of benzene rings is 2. The van der Waals surface area contributed by atoms with Gasteiger partial charge in [0.1, 0.15) is 5.71 Å². The van der Waals surface area contributed by atoms with E-state index in [-0.39, 0.29) is 29.1 Å². The first-order chi connectivity index (χ1) is 17.8. The number of halogens is 1. The van der Waals surface area contributed by atoms with Gasteiger partial charge in [0.15, 0.2) is 11.7 Å². The Morgan fingerprint density at radius 1 is 1.03 bits per heavy atom. The van der Waals surface area contributed by atoms with Gasteiger partial charge in [-0.25, -0.2) is 0 Å². The molecule has 1 unspecified atom stereocenters. The molecule has 0 spiro atoms. The minimum Gasteiger partial charge on any atom is -0.398 e. The van der Waals surface area contributed by atoms with E-state index in [1.165, 1.54) is 6.07 Å². The van der Waals surface area contributed by atoms with Crippen molar-refractivity contribution in [3.63, 3.8) is 0 Å². The molecule has 0 aliphatic heterocycles. The van der Waals surface area contributed by atoms with E-state index in [1.54, 1.807) is 30.3 Å². The highest BCUT2D eigenvalue weighted by atomic mass is 35.5. The molecule has 0 saturated carbocycles. The third kappa shape index (κ3) is 6.44. The van der Waals surface area contributed by atoms with Crippen LogP contribution in [0.15, 0.2) is 41.4 Å². The number of nitrogens with two attached hydrogens (primary N) is 1. The molecule has 0 saturated heterocycles. The van der Waals surface area contributed by atoms with E-state index in [0.29, 0.717) is 48.7 Å². The molecule has 0 bridgehead atoms. The molecule has 3 N–H and O–H groups in total. The van der Waals surface area contributed by atoms with Crippen molar-refractivity contribution in [1.82, 2.24) is 0 Å². The lowest BCUT2D eigenvalue weighted by atomic mass is 9.79. The zero-order chi connectivity index (χ0) is 27.0. The highest BCUT2D eigenvalue weighted by Crippen LogP contribution is 2.35. The predicted octanol–water partition coefficient (Wildman–Crippen LogP) is 5.06. The molecule has 196 valence electrons. The van der Waals surface area contributed by atoms with E-state index in [0.717, 1.165) is 0 Å². The van der Waals surface area contributed by atoms with Crippen molar-refractivity contribution in [2.24, 2.45) is 10.9 Å². The van der Waals surface area contributed by atoms with Gasteiger partial charge in [-0.3, -0.25) is 14.6 Å². The van der Waals surface area contributed by atoms with Gasteiger partial charge in [-0.2, -0.15) is 5.26 Å². The monoisotopic (exact) mass is 542 g/mol. The van der Waals surface area contributed by atoms with Gasteiger partial charge in [0.05, 0.1) is 22.9 Å². The number of hydrogen-bond donors (Lipinski definition) is 2. The molecule has 2 aromatic rings. The third-order valence-corrected chi connectivity index (χ3v) is 9.15. The second-order valence-corrected chi connectivity index (χ2v) is 11.4. The second kappa shape index (κ2) is 12.9. The Bertz CT molecular complexity index is 1200. The van der Waals surface area contributed by atoms with Gasteiger partial charge < -0.3 is 24.3 Å². The van der Waals surface area contributed by atoms with Gasteiger partial charge in [-0.1, -0.05) is 11.6 Å². The Balaban J connectivity index is 1.91. The molecule has 0 radical (unpaired) electrons. The van der Waals surface area contributed by atoms with E-state index in [2.05, 4.69) is 10.3 Å². The number of rotatable bonds is 12. The van der Waals surface area contributed by atoms with E-state index in [4.69, 9.17) is 30.6 Å². The third-order valence-electron chi connectivity index (χ3n) is 5.75. The Morgan fingerprint density at radius 3 is 2.22 bits per heavy atom. The summed E-state index contributed by atoms with van der Waals surface area (Å²) in [5, 5.41) is 13.5. The number of ketones is 2. The van der Waals surface area contributed by atoms with Crippen LogP contribution in [-0.2, 0) is 13.3 Å². The van der Waals surface area contributed by atoms with Crippen LogP contribution < -0.4 is 11.1 Å². The maximum atomic E-state index is 13.6. The van der Waals surface area contributed by atoms with Gasteiger partial charge in [-0.05, 0) is 63.6 Å². The van der Waals surface area contributed by atoms with E-state index >= 15 is 0 Å². The van der Waals surface area contributed by atoms with Crippen LogP contribution in [0.2, 0.25) is 11.1 Å². The van der Waals surface area contributed by atoms with Gasteiger partial charge in [0.2, 0.25) is 5.78 Å². The predicted molar refractivity (Wildman–Crippen MR) is 146 cm³/mol. The first-order valence-electron chi connectivity index (χ1n) is 12.2. The van der Waals surface area contributed by atoms with Crippen LogP contribution in [0.25, 0.3) is 0 Å². The first-order valence-corrected chi connectivity index (χ1v) is 14.5. The average Bonchev–Trinajstić information content (AvgIpc) is 2.87. The van der Waals surface area contributed by atoms with Gasteiger partial charge in [0, 0.05) is 48.8 Å². The van der Waals surface area contributed by atoms with Gasteiger partial charge >= 0.3 is 8.80 Å². The number of fused-ring (bicyclic) bond motifs is 1. The molecule has 9 nitrogen and oxygen atoms in total. The number of anilines is 3. The van der Waals surface area contributed by atoms with Crippen molar-refractivity contribution in [3.05, 3.63) is 52.5 Å². The lowest BCUT2D eigenvalue weighted by Crippen LogP contribution is -2.46. The standard InChI is InChI=1S/C26H31ClN4O5Si/c1-4-34-37(35-5-2,36-6-3)15-7-14-30-24-19(16-28)25(32)22-20(29)12-13-21(23(22)26(24)33)31-18-10-8-17(27)9-11-18/h8-13,19,31H,4-7,14-15,29H2,1-3H3. The Labute approximate surface area is 222 Å². The highest BCUT2D eigenvalue weighted by molar-refractivity contribution is 6.60. The summed E-state index contributed by atoms with van der Waals surface area (Å²) in [5.74, 6) is -2.39. The topological polar surface area (TPSA) is 136 Å². The number of nitrogens with zero attached hydrogens (tertiary/aromatic N) is 2. The van der Waals surface area contributed by atoms with Crippen LogP contribution in [-0.4, -0.2) is 52.4 Å². The summed E-state index contributed by atoms with van der Waals surface area (Å²) in [6.45, 7) is 7.18. The summed E-state index contributed by atoms with van der Waals surface area (Å²) < 4.78 is 17.6.